The van der Waals surface area contributed by atoms with E-state index in [2.05, 4.69) is 22.0 Å². The van der Waals surface area contributed by atoms with Crippen LogP contribution in [0.4, 0.5) is 0 Å². The van der Waals surface area contributed by atoms with Crippen molar-refractivity contribution in [2.75, 3.05) is 7.11 Å². The van der Waals surface area contributed by atoms with Crippen LogP contribution in [0.15, 0.2) is 23.0 Å². The van der Waals surface area contributed by atoms with Gasteiger partial charge in [-0.15, -0.1) is 0 Å². The second-order valence-corrected chi connectivity index (χ2v) is 6.02. The van der Waals surface area contributed by atoms with E-state index in [-0.39, 0.29) is 0 Å². The summed E-state index contributed by atoms with van der Waals surface area (Å²) in [6.07, 6.45) is 11.0. The van der Waals surface area contributed by atoms with Crippen molar-refractivity contribution in [2.24, 2.45) is 5.92 Å². The number of methoxy groups -OCH3 is 1. The van der Waals surface area contributed by atoms with Crippen LogP contribution < -0.4 is 4.74 Å². The Morgan fingerprint density at radius 2 is 2.18 bits per heavy atom. The van der Waals surface area contributed by atoms with E-state index < -0.39 is 0 Å². The van der Waals surface area contributed by atoms with Crippen molar-refractivity contribution >= 4 is 0 Å². The largest absolute Gasteiger partial charge is 0.494 e. The molecule has 118 valence electrons. The van der Waals surface area contributed by atoms with Crippen LogP contribution >= 0.6 is 0 Å². The van der Waals surface area contributed by atoms with Gasteiger partial charge in [-0.3, -0.25) is 4.98 Å². The first kappa shape index (κ1) is 15.0. The van der Waals surface area contributed by atoms with Crippen molar-refractivity contribution in [2.45, 2.75) is 51.4 Å². The zero-order valence-electron chi connectivity index (χ0n) is 13.3. The molecule has 1 saturated carbocycles. The van der Waals surface area contributed by atoms with Crippen molar-refractivity contribution in [3.8, 4) is 17.1 Å². The molecule has 0 N–H and O–H groups in total. The number of ether oxygens (including phenoxy) is 1. The maximum Gasteiger partial charge on any atom is 0.230 e. The molecule has 3 rings (SSSR count). The van der Waals surface area contributed by atoms with Crippen LogP contribution in [0.1, 0.15) is 57.3 Å². The standard InChI is InChI=1S/C17H23N3O2/c1-3-13(10-12-6-4-5-7-12)17-19-16(20-22-17)14-8-9-18-11-15(14)21-2/h8-9,11-13H,3-7,10H2,1-2H3. The first-order valence-electron chi connectivity index (χ1n) is 8.13. The lowest BCUT2D eigenvalue weighted by Gasteiger charge is -2.14. The Bertz CT molecular complexity index is 605. The van der Waals surface area contributed by atoms with Crippen LogP contribution in [0.25, 0.3) is 11.4 Å². The van der Waals surface area contributed by atoms with Gasteiger partial charge < -0.3 is 9.26 Å². The quantitative estimate of drug-likeness (QED) is 0.799. The number of aromatic nitrogens is 3. The summed E-state index contributed by atoms with van der Waals surface area (Å²) in [5, 5.41) is 4.14. The third kappa shape index (κ3) is 3.13. The predicted molar refractivity (Wildman–Crippen MR) is 83.7 cm³/mol. The molecule has 2 aromatic rings. The van der Waals surface area contributed by atoms with Crippen LogP contribution in [-0.4, -0.2) is 22.2 Å². The van der Waals surface area contributed by atoms with Gasteiger partial charge in [0.05, 0.1) is 18.9 Å². The first-order valence-corrected chi connectivity index (χ1v) is 8.13. The molecule has 0 amide bonds. The SMILES string of the molecule is CCC(CC1CCCC1)c1nc(-c2ccncc2OC)no1. The Hall–Kier alpha value is -1.91. The summed E-state index contributed by atoms with van der Waals surface area (Å²) < 4.78 is 10.9. The fourth-order valence-electron chi connectivity index (χ4n) is 3.33. The molecule has 0 saturated heterocycles. The minimum atomic E-state index is 0.359. The van der Waals surface area contributed by atoms with Gasteiger partial charge in [0, 0.05) is 12.1 Å². The topological polar surface area (TPSA) is 61.0 Å². The number of nitrogens with zero attached hydrogens (tertiary/aromatic N) is 3. The molecule has 1 unspecified atom stereocenters. The zero-order valence-corrected chi connectivity index (χ0v) is 13.3. The van der Waals surface area contributed by atoms with E-state index in [0.29, 0.717) is 17.5 Å². The Kier molecular flexibility index (Phi) is 4.71. The monoisotopic (exact) mass is 301 g/mol. The summed E-state index contributed by atoms with van der Waals surface area (Å²) in [7, 11) is 1.62. The highest BCUT2D eigenvalue weighted by atomic mass is 16.5. The van der Waals surface area contributed by atoms with Crippen molar-refractivity contribution in [3.05, 3.63) is 24.4 Å². The van der Waals surface area contributed by atoms with Crippen molar-refractivity contribution < 1.29 is 9.26 Å². The van der Waals surface area contributed by atoms with E-state index in [1.807, 2.05) is 6.07 Å². The molecule has 1 fully saturated rings. The van der Waals surface area contributed by atoms with Gasteiger partial charge in [0.25, 0.3) is 0 Å². The minimum Gasteiger partial charge on any atom is -0.494 e. The average molecular weight is 301 g/mol. The van der Waals surface area contributed by atoms with E-state index in [9.17, 15) is 0 Å². The van der Waals surface area contributed by atoms with Crippen LogP contribution in [0.2, 0.25) is 0 Å². The summed E-state index contributed by atoms with van der Waals surface area (Å²) in [5.41, 5.74) is 0.822. The van der Waals surface area contributed by atoms with Crippen LogP contribution in [0.5, 0.6) is 5.75 Å². The van der Waals surface area contributed by atoms with Crippen molar-refractivity contribution in [3.63, 3.8) is 0 Å². The molecule has 1 atom stereocenters. The maximum atomic E-state index is 5.54. The van der Waals surface area contributed by atoms with E-state index in [0.717, 1.165) is 30.2 Å². The average Bonchev–Trinajstić information content (AvgIpc) is 3.24. The molecule has 2 heterocycles. The summed E-state index contributed by atoms with van der Waals surface area (Å²) in [6.45, 7) is 2.19. The molecule has 1 aliphatic carbocycles. The molecule has 22 heavy (non-hydrogen) atoms. The molecule has 2 aromatic heterocycles. The number of hydrogen-bond acceptors (Lipinski definition) is 5. The molecule has 1 aliphatic rings. The molecule has 5 heteroatoms. The molecule has 0 radical (unpaired) electrons. The van der Waals surface area contributed by atoms with Gasteiger partial charge in [0.2, 0.25) is 11.7 Å². The lowest BCUT2D eigenvalue weighted by Crippen LogP contribution is -2.04. The molecule has 5 nitrogen and oxygen atoms in total. The second kappa shape index (κ2) is 6.90. The van der Waals surface area contributed by atoms with Crippen LogP contribution in [0.3, 0.4) is 0 Å². The fourth-order valence-corrected chi connectivity index (χ4v) is 3.33. The van der Waals surface area contributed by atoms with Crippen molar-refractivity contribution in [1.29, 1.82) is 0 Å². The van der Waals surface area contributed by atoms with Crippen molar-refractivity contribution in [1.82, 2.24) is 15.1 Å². The summed E-state index contributed by atoms with van der Waals surface area (Å²) in [4.78, 5) is 8.67. The van der Waals surface area contributed by atoms with Crippen LogP contribution in [-0.2, 0) is 0 Å². The molecule has 0 aliphatic heterocycles. The molecule has 0 aromatic carbocycles. The lowest BCUT2D eigenvalue weighted by atomic mass is 9.91. The van der Waals surface area contributed by atoms with Crippen LogP contribution in [0, 0.1) is 5.92 Å². The lowest BCUT2D eigenvalue weighted by molar-refractivity contribution is 0.319. The van der Waals surface area contributed by atoms with Gasteiger partial charge in [-0.05, 0) is 24.8 Å². The second-order valence-electron chi connectivity index (χ2n) is 6.02. The summed E-state index contributed by atoms with van der Waals surface area (Å²) in [5.74, 6) is 3.18. The summed E-state index contributed by atoms with van der Waals surface area (Å²) >= 11 is 0. The number of pyridine rings is 1. The summed E-state index contributed by atoms with van der Waals surface area (Å²) in [6, 6.07) is 1.85. The molecular formula is C17H23N3O2. The minimum absolute atomic E-state index is 0.359. The normalized spacial score (nSPS) is 16.8. The highest BCUT2D eigenvalue weighted by molar-refractivity contribution is 5.62. The van der Waals surface area contributed by atoms with E-state index >= 15 is 0 Å². The Morgan fingerprint density at radius 3 is 2.91 bits per heavy atom. The fraction of sp³-hybridized carbons (Fsp3) is 0.588. The highest BCUT2D eigenvalue weighted by Crippen LogP contribution is 2.36. The Morgan fingerprint density at radius 1 is 1.36 bits per heavy atom. The Labute approximate surface area is 131 Å². The van der Waals surface area contributed by atoms with Gasteiger partial charge in [0.1, 0.15) is 5.75 Å². The number of hydrogen-bond donors (Lipinski definition) is 0. The third-order valence-electron chi connectivity index (χ3n) is 4.62. The van der Waals surface area contributed by atoms with Gasteiger partial charge in [-0.25, -0.2) is 0 Å². The van der Waals surface area contributed by atoms with Gasteiger partial charge in [-0.2, -0.15) is 4.98 Å². The zero-order chi connectivity index (χ0) is 15.4. The van der Waals surface area contributed by atoms with E-state index in [1.165, 1.54) is 25.7 Å². The first-order chi connectivity index (χ1) is 10.8. The maximum absolute atomic E-state index is 5.54. The van der Waals surface area contributed by atoms with E-state index in [1.54, 1.807) is 19.5 Å². The third-order valence-corrected chi connectivity index (χ3v) is 4.62. The molecule has 0 bridgehead atoms. The smallest absolute Gasteiger partial charge is 0.230 e. The van der Waals surface area contributed by atoms with Gasteiger partial charge in [0.15, 0.2) is 0 Å². The van der Waals surface area contributed by atoms with Gasteiger partial charge in [-0.1, -0.05) is 37.8 Å². The highest BCUT2D eigenvalue weighted by Gasteiger charge is 2.25. The molecule has 0 spiro atoms. The van der Waals surface area contributed by atoms with Gasteiger partial charge >= 0.3 is 0 Å². The predicted octanol–water partition coefficient (Wildman–Crippen LogP) is 4.21. The van der Waals surface area contributed by atoms with E-state index in [4.69, 9.17) is 9.26 Å². The molecular weight excluding hydrogens is 278 g/mol. The Balaban J connectivity index is 1.79. The number of rotatable bonds is 6.